The van der Waals surface area contributed by atoms with Crippen molar-refractivity contribution in [3.05, 3.63) is 63.9 Å². The molecule has 2 rings (SSSR count). The minimum absolute atomic E-state index is 0.0902. The van der Waals surface area contributed by atoms with Crippen molar-refractivity contribution in [3.63, 3.8) is 0 Å². The lowest BCUT2D eigenvalue weighted by molar-refractivity contribution is -0.137. The SMILES string of the molecule is CC(C)(C)OC(=O)N[C@@H](CC(=O)O)c1cnc(Cl)c(Cl)c1.CN[C@H](C)[C@H](O)c1ccccc1. The lowest BCUT2D eigenvalue weighted by Crippen LogP contribution is -2.35. The summed E-state index contributed by atoms with van der Waals surface area (Å²) in [4.78, 5) is 26.5. The molecule has 182 valence electrons. The Morgan fingerprint density at radius 2 is 1.76 bits per heavy atom. The Balaban J connectivity index is 0.000000383. The average molecular weight is 500 g/mol. The quantitative estimate of drug-likeness (QED) is 0.405. The van der Waals surface area contributed by atoms with Gasteiger partial charge in [0.1, 0.15) is 10.8 Å². The molecule has 0 aliphatic carbocycles. The van der Waals surface area contributed by atoms with Gasteiger partial charge in [-0.15, -0.1) is 0 Å². The molecule has 0 saturated heterocycles. The molecule has 1 heterocycles. The molecule has 8 nitrogen and oxygen atoms in total. The molecule has 0 fully saturated rings. The van der Waals surface area contributed by atoms with E-state index < -0.39 is 29.8 Å². The van der Waals surface area contributed by atoms with Gasteiger partial charge in [0.2, 0.25) is 0 Å². The largest absolute Gasteiger partial charge is 0.481 e. The van der Waals surface area contributed by atoms with Crippen LogP contribution >= 0.6 is 23.2 Å². The number of nitrogens with zero attached hydrogens (tertiary/aromatic N) is 1. The van der Waals surface area contributed by atoms with Crippen LogP contribution < -0.4 is 10.6 Å². The Kier molecular flexibility index (Phi) is 11.6. The number of likely N-dealkylation sites (N-methyl/N-ethyl adjacent to an activating group) is 1. The number of aliphatic hydroxyl groups excluding tert-OH is 1. The zero-order valence-corrected chi connectivity index (χ0v) is 20.8. The van der Waals surface area contributed by atoms with Gasteiger partial charge in [-0.05, 0) is 51.9 Å². The summed E-state index contributed by atoms with van der Waals surface area (Å²) in [5, 5.41) is 24.4. The second-order valence-electron chi connectivity index (χ2n) is 8.27. The zero-order valence-electron chi connectivity index (χ0n) is 19.3. The van der Waals surface area contributed by atoms with Crippen LogP contribution in [0.1, 0.15) is 57.4 Å². The number of benzene rings is 1. The number of hydrogen-bond acceptors (Lipinski definition) is 6. The number of hydrogen-bond donors (Lipinski definition) is 4. The summed E-state index contributed by atoms with van der Waals surface area (Å²) < 4.78 is 5.10. The summed E-state index contributed by atoms with van der Waals surface area (Å²) in [6.07, 6.45) is -0.117. The number of carboxylic acid groups (broad SMARTS) is 1. The molecule has 2 aromatic rings. The molecule has 4 N–H and O–H groups in total. The normalized spacial score (nSPS) is 13.7. The minimum Gasteiger partial charge on any atom is -0.481 e. The highest BCUT2D eigenvalue weighted by molar-refractivity contribution is 6.41. The summed E-state index contributed by atoms with van der Waals surface area (Å²) in [6.45, 7) is 7.08. The number of carbonyl (C=O) groups is 2. The van der Waals surface area contributed by atoms with Crippen LogP contribution in [0.15, 0.2) is 42.6 Å². The predicted molar refractivity (Wildman–Crippen MR) is 129 cm³/mol. The first kappa shape index (κ1) is 28.6. The molecule has 0 aliphatic heterocycles. The van der Waals surface area contributed by atoms with E-state index >= 15 is 0 Å². The fraction of sp³-hybridized carbons (Fsp3) is 0.435. The van der Waals surface area contributed by atoms with E-state index in [1.807, 2.05) is 44.3 Å². The van der Waals surface area contributed by atoms with Gasteiger partial charge in [-0.25, -0.2) is 9.78 Å². The van der Waals surface area contributed by atoms with E-state index in [1.54, 1.807) is 20.8 Å². The van der Waals surface area contributed by atoms with Crippen LogP contribution in [-0.2, 0) is 9.53 Å². The number of aliphatic carboxylic acids is 1. The summed E-state index contributed by atoms with van der Waals surface area (Å²) in [6, 6.07) is 10.4. The number of ether oxygens (including phenoxy) is 1. The first-order valence-corrected chi connectivity index (χ1v) is 11.0. The van der Waals surface area contributed by atoms with Gasteiger partial charge in [-0.1, -0.05) is 53.5 Å². The summed E-state index contributed by atoms with van der Waals surface area (Å²) in [5.74, 6) is -1.08. The van der Waals surface area contributed by atoms with E-state index in [2.05, 4.69) is 15.6 Å². The summed E-state index contributed by atoms with van der Waals surface area (Å²) in [7, 11) is 1.84. The highest BCUT2D eigenvalue weighted by Crippen LogP contribution is 2.25. The molecule has 0 radical (unpaired) electrons. The Hall–Kier alpha value is -2.39. The van der Waals surface area contributed by atoms with Gasteiger partial charge in [0.15, 0.2) is 0 Å². The second-order valence-corrected chi connectivity index (χ2v) is 9.04. The fourth-order valence-corrected chi connectivity index (χ4v) is 2.88. The minimum atomic E-state index is -1.08. The number of aromatic nitrogens is 1. The molecule has 0 unspecified atom stereocenters. The van der Waals surface area contributed by atoms with Crippen molar-refractivity contribution in [2.75, 3.05) is 7.05 Å². The Morgan fingerprint density at radius 1 is 1.15 bits per heavy atom. The number of aliphatic hydroxyl groups is 1. The van der Waals surface area contributed by atoms with Crippen LogP contribution in [0.25, 0.3) is 0 Å². The van der Waals surface area contributed by atoms with Crippen molar-refractivity contribution < 1.29 is 24.5 Å². The molecule has 3 atom stereocenters. The predicted octanol–water partition coefficient (Wildman–Crippen LogP) is 4.76. The van der Waals surface area contributed by atoms with Gasteiger partial charge in [0.05, 0.1) is 23.6 Å². The number of halogens is 2. The molecule has 1 aromatic heterocycles. The number of alkyl carbamates (subject to hydrolysis) is 1. The van der Waals surface area contributed by atoms with E-state index in [0.717, 1.165) is 5.56 Å². The van der Waals surface area contributed by atoms with Crippen molar-refractivity contribution in [2.45, 2.75) is 57.9 Å². The lowest BCUT2D eigenvalue weighted by atomic mass is 10.0. The lowest BCUT2D eigenvalue weighted by Gasteiger charge is -2.23. The van der Waals surface area contributed by atoms with Gasteiger partial charge in [-0.3, -0.25) is 4.79 Å². The van der Waals surface area contributed by atoms with E-state index in [-0.39, 0.29) is 22.6 Å². The molecule has 1 aromatic carbocycles. The van der Waals surface area contributed by atoms with Crippen molar-refractivity contribution in [2.24, 2.45) is 0 Å². The van der Waals surface area contributed by atoms with Crippen LogP contribution in [0.4, 0.5) is 4.79 Å². The van der Waals surface area contributed by atoms with Crippen LogP contribution in [0.3, 0.4) is 0 Å². The third-order valence-corrected chi connectivity index (χ3v) is 5.05. The van der Waals surface area contributed by atoms with E-state index in [4.69, 9.17) is 33.0 Å². The molecule has 0 saturated carbocycles. The number of amides is 1. The molecule has 0 bridgehead atoms. The average Bonchev–Trinajstić information content (AvgIpc) is 2.73. The van der Waals surface area contributed by atoms with Gasteiger partial charge < -0.3 is 25.6 Å². The number of rotatable bonds is 7. The molecule has 10 heteroatoms. The maximum absolute atomic E-state index is 11.8. The summed E-state index contributed by atoms with van der Waals surface area (Å²) >= 11 is 11.6. The Morgan fingerprint density at radius 3 is 2.24 bits per heavy atom. The highest BCUT2D eigenvalue weighted by Gasteiger charge is 2.23. The molecule has 1 amide bonds. The van der Waals surface area contributed by atoms with E-state index in [0.29, 0.717) is 5.56 Å². The third-order valence-electron chi connectivity index (χ3n) is 4.36. The summed E-state index contributed by atoms with van der Waals surface area (Å²) in [5.41, 5.74) is 0.699. The van der Waals surface area contributed by atoms with Crippen molar-refractivity contribution in [1.29, 1.82) is 0 Å². The van der Waals surface area contributed by atoms with Crippen LogP contribution in [0.2, 0.25) is 10.2 Å². The third kappa shape index (κ3) is 10.9. The van der Waals surface area contributed by atoms with E-state index in [9.17, 15) is 14.7 Å². The van der Waals surface area contributed by atoms with Crippen molar-refractivity contribution >= 4 is 35.3 Å². The molecule has 33 heavy (non-hydrogen) atoms. The number of carbonyl (C=O) groups excluding carboxylic acids is 1. The van der Waals surface area contributed by atoms with Crippen molar-refractivity contribution in [3.8, 4) is 0 Å². The molecule has 0 aliphatic rings. The number of pyridine rings is 1. The molecular formula is C23H31Cl2N3O5. The maximum Gasteiger partial charge on any atom is 0.408 e. The topological polar surface area (TPSA) is 121 Å². The van der Waals surface area contributed by atoms with Gasteiger partial charge in [0.25, 0.3) is 0 Å². The zero-order chi connectivity index (χ0) is 25.2. The standard InChI is InChI=1S/C13H16Cl2N2O4.C10H15NO/c1-13(2,3)21-12(20)17-9(5-10(18)19)7-4-8(14)11(15)16-6-7;1-8(11-2)10(12)9-6-4-3-5-7-9/h4,6,9H,5H2,1-3H3,(H,17,20)(H,18,19);3-8,10-12H,1-2H3/t9-;8-,10+/m01/s1. The van der Waals surface area contributed by atoms with Gasteiger partial charge in [0, 0.05) is 12.2 Å². The van der Waals surface area contributed by atoms with Crippen LogP contribution in [0.5, 0.6) is 0 Å². The smallest absolute Gasteiger partial charge is 0.408 e. The number of carboxylic acids is 1. The van der Waals surface area contributed by atoms with Crippen LogP contribution in [0, 0.1) is 0 Å². The van der Waals surface area contributed by atoms with E-state index in [1.165, 1.54) is 12.3 Å². The maximum atomic E-state index is 11.8. The Labute approximate surface area is 204 Å². The monoisotopic (exact) mass is 499 g/mol. The first-order valence-electron chi connectivity index (χ1n) is 10.3. The second kappa shape index (κ2) is 13.3. The fourth-order valence-electron chi connectivity index (χ4n) is 2.60. The molecular weight excluding hydrogens is 469 g/mol. The van der Waals surface area contributed by atoms with Crippen LogP contribution in [-0.4, -0.2) is 46.0 Å². The van der Waals surface area contributed by atoms with Gasteiger partial charge in [-0.2, -0.15) is 0 Å². The Bertz CT molecular complexity index is 907. The van der Waals surface area contributed by atoms with Crippen molar-refractivity contribution in [1.82, 2.24) is 15.6 Å². The first-order chi connectivity index (χ1) is 15.3. The molecule has 0 spiro atoms. The number of nitrogens with one attached hydrogen (secondary N) is 2. The van der Waals surface area contributed by atoms with Gasteiger partial charge >= 0.3 is 12.1 Å². The highest BCUT2D eigenvalue weighted by atomic mass is 35.5.